The van der Waals surface area contributed by atoms with E-state index in [1.807, 2.05) is 6.92 Å². The normalized spacial score (nSPS) is 19.8. The van der Waals surface area contributed by atoms with Gasteiger partial charge in [0.25, 0.3) is 0 Å². The molecule has 0 spiro atoms. The summed E-state index contributed by atoms with van der Waals surface area (Å²) in [6, 6.07) is 4.10. The molecule has 112 valence electrons. The predicted molar refractivity (Wildman–Crippen MR) is 77.7 cm³/mol. The number of piperidine rings is 1. The van der Waals surface area contributed by atoms with Crippen molar-refractivity contribution in [2.24, 2.45) is 0 Å². The van der Waals surface area contributed by atoms with Crippen molar-refractivity contribution in [1.29, 1.82) is 0 Å². The number of nitrogens with one attached hydrogen (secondary N) is 1. The Morgan fingerprint density at radius 1 is 1.10 bits per heavy atom. The van der Waals surface area contributed by atoms with Crippen molar-refractivity contribution in [2.45, 2.75) is 45.2 Å². The molecule has 0 bridgehead atoms. The maximum atomic E-state index is 13.7. The molecule has 1 N–H and O–H groups in total. The van der Waals surface area contributed by atoms with Crippen molar-refractivity contribution in [2.75, 3.05) is 19.6 Å². The fraction of sp³-hybridized carbons (Fsp3) is 0.625. The molecule has 0 saturated carbocycles. The first-order valence-electron chi connectivity index (χ1n) is 7.51. The molecule has 0 aliphatic carbocycles. The summed E-state index contributed by atoms with van der Waals surface area (Å²) < 4.78 is 27.4. The first-order valence-corrected chi connectivity index (χ1v) is 7.51. The Labute approximate surface area is 120 Å². The zero-order valence-electron chi connectivity index (χ0n) is 12.3. The topological polar surface area (TPSA) is 15.3 Å². The molecule has 20 heavy (non-hydrogen) atoms. The first-order chi connectivity index (χ1) is 9.59. The van der Waals surface area contributed by atoms with Crippen LogP contribution in [0.25, 0.3) is 0 Å². The fourth-order valence-corrected chi connectivity index (χ4v) is 2.86. The van der Waals surface area contributed by atoms with Gasteiger partial charge in [-0.15, -0.1) is 0 Å². The van der Waals surface area contributed by atoms with Crippen molar-refractivity contribution in [1.82, 2.24) is 10.2 Å². The van der Waals surface area contributed by atoms with Gasteiger partial charge in [0, 0.05) is 24.2 Å². The minimum atomic E-state index is -0.476. The molecule has 1 heterocycles. The minimum Gasteiger partial charge on any atom is -0.308 e. The number of hydrogen-bond donors (Lipinski definition) is 1. The van der Waals surface area contributed by atoms with Crippen LogP contribution in [0.2, 0.25) is 0 Å². The highest BCUT2D eigenvalue weighted by atomic mass is 19.1. The van der Waals surface area contributed by atoms with Crippen LogP contribution in [0, 0.1) is 11.6 Å². The predicted octanol–water partition coefficient (Wildman–Crippen LogP) is 3.49. The molecule has 2 rings (SSSR count). The van der Waals surface area contributed by atoms with Crippen LogP contribution < -0.4 is 5.32 Å². The second-order valence-corrected chi connectivity index (χ2v) is 5.71. The van der Waals surface area contributed by atoms with Gasteiger partial charge in [-0.2, -0.15) is 0 Å². The van der Waals surface area contributed by atoms with E-state index in [-0.39, 0.29) is 11.6 Å². The smallest absolute Gasteiger partial charge is 0.130 e. The highest BCUT2D eigenvalue weighted by Crippen LogP contribution is 2.20. The molecular formula is C16H24F2N2. The van der Waals surface area contributed by atoms with Gasteiger partial charge in [-0.3, -0.25) is 4.90 Å². The Balaban J connectivity index is 1.89. The number of rotatable bonds is 5. The standard InChI is InChI=1S/C16H24F2N2/c1-12(20-9-4-3-5-10-20)11-19-13(2)16-14(17)7-6-8-15(16)18/h6-8,12-13,19H,3-5,9-11H2,1-2H3. The zero-order valence-corrected chi connectivity index (χ0v) is 12.3. The molecule has 1 aliphatic heterocycles. The van der Waals surface area contributed by atoms with Crippen LogP contribution in [-0.2, 0) is 0 Å². The van der Waals surface area contributed by atoms with E-state index in [1.165, 1.54) is 37.5 Å². The highest BCUT2D eigenvalue weighted by molar-refractivity contribution is 5.22. The molecule has 0 radical (unpaired) electrons. The minimum absolute atomic E-state index is 0.137. The number of halogens is 2. The van der Waals surface area contributed by atoms with E-state index in [1.54, 1.807) is 0 Å². The Morgan fingerprint density at radius 3 is 2.30 bits per heavy atom. The third kappa shape index (κ3) is 3.76. The van der Waals surface area contributed by atoms with Crippen molar-refractivity contribution in [3.63, 3.8) is 0 Å². The Bertz CT molecular complexity index is 410. The Kier molecular flexibility index (Phi) is 5.49. The van der Waals surface area contributed by atoms with E-state index in [9.17, 15) is 8.78 Å². The first kappa shape index (κ1) is 15.4. The van der Waals surface area contributed by atoms with Crippen molar-refractivity contribution in [3.8, 4) is 0 Å². The van der Waals surface area contributed by atoms with E-state index in [2.05, 4.69) is 17.1 Å². The second kappa shape index (κ2) is 7.14. The summed E-state index contributed by atoms with van der Waals surface area (Å²) in [6.07, 6.45) is 3.82. The molecule has 1 aliphatic rings. The Morgan fingerprint density at radius 2 is 1.70 bits per heavy atom. The number of hydrogen-bond acceptors (Lipinski definition) is 2. The van der Waals surface area contributed by atoms with Gasteiger partial charge in [0.2, 0.25) is 0 Å². The molecule has 2 atom stereocenters. The van der Waals surface area contributed by atoms with Gasteiger partial charge in [0.05, 0.1) is 0 Å². The van der Waals surface area contributed by atoms with E-state index in [4.69, 9.17) is 0 Å². The van der Waals surface area contributed by atoms with Crippen molar-refractivity contribution in [3.05, 3.63) is 35.4 Å². The van der Waals surface area contributed by atoms with E-state index < -0.39 is 11.6 Å². The molecule has 1 aromatic rings. The lowest BCUT2D eigenvalue weighted by Gasteiger charge is -2.33. The van der Waals surface area contributed by atoms with Crippen LogP contribution in [0.5, 0.6) is 0 Å². The van der Waals surface area contributed by atoms with Crippen LogP contribution in [0.3, 0.4) is 0 Å². The summed E-state index contributed by atoms with van der Waals surface area (Å²) in [5.74, 6) is -0.953. The average Bonchev–Trinajstić information content (AvgIpc) is 2.45. The zero-order chi connectivity index (χ0) is 14.5. The van der Waals surface area contributed by atoms with E-state index in [0.717, 1.165) is 19.6 Å². The van der Waals surface area contributed by atoms with Crippen LogP contribution in [-0.4, -0.2) is 30.6 Å². The van der Waals surface area contributed by atoms with Gasteiger partial charge >= 0.3 is 0 Å². The highest BCUT2D eigenvalue weighted by Gasteiger charge is 2.19. The molecule has 4 heteroatoms. The quantitative estimate of drug-likeness (QED) is 0.889. The second-order valence-electron chi connectivity index (χ2n) is 5.71. The molecule has 0 aromatic heterocycles. The van der Waals surface area contributed by atoms with Crippen molar-refractivity contribution < 1.29 is 8.78 Å². The third-order valence-corrected chi connectivity index (χ3v) is 4.17. The summed E-state index contributed by atoms with van der Waals surface area (Å²) >= 11 is 0. The van der Waals surface area contributed by atoms with Gasteiger partial charge in [0.15, 0.2) is 0 Å². The SMILES string of the molecule is CC(NCC(C)N1CCCCC1)c1c(F)cccc1F. The van der Waals surface area contributed by atoms with E-state index >= 15 is 0 Å². The average molecular weight is 282 g/mol. The molecule has 2 unspecified atom stereocenters. The summed E-state index contributed by atoms with van der Waals surface area (Å²) in [7, 11) is 0. The number of nitrogens with zero attached hydrogens (tertiary/aromatic N) is 1. The lowest BCUT2D eigenvalue weighted by atomic mass is 10.1. The maximum absolute atomic E-state index is 13.7. The van der Waals surface area contributed by atoms with Gasteiger partial charge in [-0.05, 0) is 51.9 Å². The number of likely N-dealkylation sites (tertiary alicyclic amines) is 1. The molecular weight excluding hydrogens is 258 g/mol. The maximum Gasteiger partial charge on any atom is 0.130 e. The van der Waals surface area contributed by atoms with Crippen molar-refractivity contribution >= 4 is 0 Å². The Hall–Kier alpha value is -1.00. The van der Waals surface area contributed by atoms with Gasteiger partial charge in [0.1, 0.15) is 11.6 Å². The third-order valence-electron chi connectivity index (χ3n) is 4.17. The van der Waals surface area contributed by atoms with Crippen LogP contribution in [0.15, 0.2) is 18.2 Å². The monoisotopic (exact) mass is 282 g/mol. The fourth-order valence-electron chi connectivity index (χ4n) is 2.86. The lowest BCUT2D eigenvalue weighted by Crippen LogP contribution is -2.43. The molecule has 1 fully saturated rings. The summed E-state index contributed by atoms with van der Waals surface area (Å²) in [5, 5.41) is 3.26. The molecule has 1 aromatic carbocycles. The lowest BCUT2D eigenvalue weighted by molar-refractivity contribution is 0.168. The van der Waals surface area contributed by atoms with Crippen LogP contribution >= 0.6 is 0 Å². The largest absolute Gasteiger partial charge is 0.308 e. The number of benzene rings is 1. The summed E-state index contributed by atoms with van der Waals surface area (Å²) in [5.41, 5.74) is 0.137. The summed E-state index contributed by atoms with van der Waals surface area (Å²) in [4.78, 5) is 2.45. The molecule has 0 amide bonds. The van der Waals surface area contributed by atoms with Crippen LogP contribution in [0.4, 0.5) is 8.78 Å². The molecule has 1 saturated heterocycles. The van der Waals surface area contributed by atoms with E-state index in [0.29, 0.717) is 6.04 Å². The summed E-state index contributed by atoms with van der Waals surface area (Å²) in [6.45, 7) is 6.98. The van der Waals surface area contributed by atoms with Gasteiger partial charge in [-0.25, -0.2) is 8.78 Å². The van der Waals surface area contributed by atoms with Gasteiger partial charge in [-0.1, -0.05) is 12.5 Å². The molecule has 2 nitrogen and oxygen atoms in total. The van der Waals surface area contributed by atoms with Gasteiger partial charge < -0.3 is 5.32 Å². The van der Waals surface area contributed by atoms with Crippen LogP contribution in [0.1, 0.15) is 44.7 Å².